The minimum atomic E-state index is -3.77. The SMILES string of the molecule is CCCS(=O)(=O)Nc1ccc(F)c(Nc2ccc3ncn(-c4cnn(C)c4)c(=O)c3c2)c1F. The van der Waals surface area contributed by atoms with Gasteiger partial charge in [0, 0.05) is 18.9 Å². The fourth-order valence-corrected chi connectivity index (χ4v) is 4.43. The van der Waals surface area contributed by atoms with Crippen molar-refractivity contribution < 1.29 is 17.2 Å². The van der Waals surface area contributed by atoms with Gasteiger partial charge in [-0.1, -0.05) is 6.92 Å². The molecule has 0 aliphatic rings. The third kappa shape index (κ3) is 4.55. The summed E-state index contributed by atoms with van der Waals surface area (Å²) in [4.78, 5) is 17.2. The number of anilines is 3. The number of rotatable bonds is 7. The lowest BCUT2D eigenvalue weighted by Crippen LogP contribution is -2.18. The van der Waals surface area contributed by atoms with Crippen molar-refractivity contribution in [1.82, 2.24) is 19.3 Å². The molecule has 0 bridgehead atoms. The van der Waals surface area contributed by atoms with Gasteiger partial charge in [-0.05, 0) is 36.8 Å². The normalized spacial score (nSPS) is 11.6. The van der Waals surface area contributed by atoms with Crippen molar-refractivity contribution in [2.45, 2.75) is 13.3 Å². The summed E-state index contributed by atoms with van der Waals surface area (Å²) >= 11 is 0. The van der Waals surface area contributed by atoms with Gasteiger partial charge >= 0.3 is 0 Å². The van der Waals surface area contributed by atoms with Gasteiger partial charge in [-0.15, -0.1) is 0 Å². The molecule has 12 heteroatoms. The molecule has 0 unspecified atom stereocenters. The molecule has 0 radical (unpaired) electrons. The molecule has 172 valence electrons. The van der Waals surface area contributed by atoms with Crippen LogP contribution in [0.15, 0.2) is 53.8 Å². The molecule has 2 N–H and O–H groups in total. The molecule has 2 aromatic carbocycles. The van der Waals surface area contributed by atoms with Crippen LogP contribution in [0.25, 0.3) is 16.6 Å². The molecule has 0 aliphatic heterocycles. The van der Waals surface area contributed by atoms with E-state index < -0.39 is 32.9 Å². The van der Waals surface area contributed by atoms with E-state index in [1.807, 2.05) is 0 Å². The first-order valence-electron chi connectivity index (χ1n) is 9.94. The van der Waals surface area contributed by atoms with Gasteiger partial charge in [-0.2, -0.15) is 5.10 Å². The first-order valence-corrected chi connectivity index (χ1v) is 11.6. The third-order valence-corrected chi connectivity index (χ3v) is 6.30. The van der Waals surface area contributed by atoms with Crippen LogP contribution in [0, 0.1) is 11.6 Å². The molecule has 2 heterocycles. The molecule has 4 rings (SSSR count). The molecule has 0 fully saturated rings. The molecule has 0 atom stereocenters. The quantitative estimate of drug-likeness (QED) is 0.425. The van der Waals surface area contributed by atoms with Crippen molar-refractivity contribution in [2.24, 2.45) is 7.05 Å². The number of hydrogen-bond donors (Lipinski definition) is 2. The lowest BCUT2D eigenvalue weighted by Gasteiger charge is -2.14. The molecule has 9 nitrogen and oxygen atoms in total. The highest BCUT2D eigenvalue weighted by Crippen LogP contribution is 2.30. The van der Waals surface area contributed by atoms with Crippen molar-refractivity contribution in [2.75, 3.05) is 15.8 Å². The predicted octanol–water partition coefficient (Wildman–Crippen LogP) is 3.29. The molecule has 33 heavy (non-hydrogen) atoms. The zero-order valence-corrected chi connectivity index (χ0v) is 18.5. The molecular weight excluding hydrogens is 454 g/mol. The number of benzene rings is 2. The van der Waals surface area contributed by atoms with E-state index in [0.29, 0.717) is 17.6 Å². The highest BCUT2D eigenvalue weighted by Gasteiger charge is 2.18. The Balaban J connectivity index is 1.72. The number of halogens is 2. The van der Waals surface area contributed by atoms with Gasteiger partial charge in [0.15, 0.2) is 5.82 Å². The van der Waals surface area contributed by atoms with Crippen molar-refractivity contribution >= 4 is 38.0 Å². The minimum absolute atomic E-state index is 0.201. The van der Waals surface area contributed by atoms with E-state index in [9.17, 15) is 22.0 Å². The Labute approximate surface area is 187 Å². The largest absolute Gasteiger partial charge is 0.351 e. The second kappa shape index (κ2) is 8.62. The van der Waals surface area contributed by atoms with E-state index in [0.717, 1.165) is 12.1 Å². The second-order valence-corrected chi connectivity index (χ2v) is 9.20. The number of sulfonamides is 1. The van der Waals surface area contributed by atoms with Gasteiger partial charge in [0.05, 0.1) is 34.2 Å². The minimum Gasteiger partial charge on any atom is -0.351 e. The molecule has 0 saturated carbocycles. The highest BCUT2D eigenvalue weighted by atomic mass is 32.2. The molecule has 0 aliphatic carbocycles. The van der Waals surface area contributed by atoms with Gasteiger partial charge in [0.2, 0.25) is 10.0 Å². The summed E-state index contributed by atoms with van der Waals surface area (Å²) in [5.74, 6) is -2.23. The summed E-state index contributed by atoms with van der Waals surface area (Å²) in [6.45, 7) is 1.67. The Bertz CT molecular complexity index is 1510. The van der Waals surface area contributed by atoms with Gasteiger partial charge in [-0.25, -0.2) is 22.2 Å². The number of aromatic nitrogens is 4. The standard InChI is InChI=1S/C21H20F2N6O3S/c1-3-8-33(31,32)27-18-7-5-16(22)20(19(18)23)26-13-4-6-17-15(9-13)21(30)29(12-24-17)14-10-25-28(2)11-14/h4-7,9-12,26-27H,3,8H2,1-2H3. The fraction of sp³-hybridized carbons (Fsp3) is 0.190. The van der Waals surface area contributed by atoms with E-state index >= 15 is 0 Å². The molecule has 4 aromatic rings. The summed E-state index contributed by atoms with van der Waals surface area (Å²) in [6, 6.07) is 6.43. The molecule has 0 saturated heterocycles. The number of hydrogen-bond acceptors (Lipinski definition) is 6. The maximum atomic E-state index is 15.0. The van der Waals surface area contributed by atoms with Gasteiger partial charge in [0.1, 0.15) is 17.8 Å². The van der Waals surface area contributed by atoms with E-state index in [-0.39, 0.29) is 22.5 Å². The maximum Gasteiger partial charge on any atom is 0.265 e. The number of fused-ring (bicyclic) bond motifs is 1. The van der Waals surface area contributed by atoms with Crippen LogP contribution in [0.4, 0.5) is 25.8 Å². The van der Waals surface area contributed by atoms with Crippen molar-refractivity contribution in [3.05, 3.63) is 71.0 Å². The van der Waals surface area contributed by atoms with Crippen molar-refractivity contribution in [3.8, 4) is 5.69 Å². The summed E-state index contributed by atoms with van der Waals surface area (Å²) in [5.41, 5.74) is -0.196. The molecule has 0 amide bonds. The lowest BCUT2D eigenvalue weighted by atomic mass is 10.2. The van der Waals surface area contributed by atoms with Crippen LogP contribution in [-0.4, -0.2) is 33.5 Å². The zero-order chi connectivity index (χ0) is 23.8. The Kier molecular flexibility index (Phi) is 5.85. The van der Waals surface area contributed by atoms with E-state index in [1.165, 1.54) is 40.0 Å². The van der Waals surface area contributed by atoms with Crippen molar-refractivity contribution in [3.63, 3.8) is 0 Å². The Morgan fingerprint density at radius 3 is 2.64 bits per heavy atom. The summed E-state index contributed by atoms with van der Waals surface area (Å²) < 4.78 is 58.3. The maximum absolute atomic E-state index is 15.0. The first kappa shape index (κ1) is 22.4. The van der Waals surface area contributed by atoms with Gasteiger partial charge in [-0.3, -0.25) is 18.8 Å². The van der Waals surface area contributed by atoms with E-state index in [1.54, 1.807) is 20.2 Å². The topological polar surface area (TPSA) is 111 Å². The van der Waals surface area contributed by atoms with Crippen LogP contribution < -0.4 is 15.6 Å². The number of nitrogens with zero attached hydrogens (tertiary/aromatic N) is 4. The third-order valence-electron chi connectivity index (χ3n) is 4.83. The van der Waals surface area contributed by atoms with Gasteiger partial charge < -0.3 is 5.32 Å². The van der Waals surface area contributed by atoms with E-state index in [2.05, 4.69) is 20.1 Å². The Hall–Kier alpha value is -3.80. The summed E-state index contributed by atoms with van der Waals surface area (Å²) in [5, 5.41) is 6.86. The monoisotopic (exact) mass is 474 g/mol. The number of aryl methyl sites for hydroxylation is 1. The fourth-order valence-electron chi connectivity index (χ4n) is 3.29. The number of nitrogens with one attached hydrogen (secondary N) is 2. The lowest BCUT2D eigenvalue weighted by molar-refractivity contribution is 0.588. The summed E-state index contributed by atoms with van der Waals surface area (Å²) in [7, 11) is -2.06. The average molecular weight is 474 g/mol. The van der Waals surface area contributed by atoms with Gasteiger partial charge in [0.25, 0.3) is 5.56 Å². The van der Waals surface area contributed by atoms with E-state index in [4.69, 9.17) is 0 Å². The van der Waals surface area contributed by atoms with Crippen LogP contribution in [0.3, 0.4) is 0 Å². The van der Waals surface area contributed by atoms with Crippen LogP contribution in [-0.2, 0) is 17.1 Å². The molecule has 2 aromatic heterocycles. The smallest absolute Gasteiger partial charge is 0.265 e. The Morgan fingerprint density at radius 2 is 1.94 bits per heavy atom. The Morgan fingerprint density at radius 1 is 1.15 bits per heavy atom. The van der Waals surface area contributed by atoms with Crippen LogP contribution in [0.2, 0.25) is 0 Å². The summed E-state index contributed by atoms with van der Waals surface area (Å²) in [6.07, 6.45) is 4.87. The molecule has 0 spiro atoms. The zero-order valence-electron chi connectivity index (χ0n) is 17.7. The molecular formula is C21H20F2N6O3S. The first-order chi connectivity index (χ1) is 15.7. The van der Waals surface area contributed by atoms with Crippen LogP contribution in [0.1, 0.15) is 13.3 Å². The van der Waals surface area contributed by atoms with Crippen LogP contribution in [0.5, 0.6) is 0 Å². The van der Waals surface area contributed by atoms with Crippen molar-refractivity contribution in [1.29, 1.82) is 0 Å². The second-order valence-electron chi connectivity index (χ2n) is 7.35. The van der Waals surface area contributed by atoms with Crippen LogP contribution >= 0.6 is 0 Å². The highest BCUT2D eigenvalue weighted by molar-refractivity contribution is 7.92. The average Bonchev–Trinajstić information content (AvgIpc) is 3.19. The predicted molar refractivity (Wildman–Crippen MR) is 121 cm³/mol.